The zero-order valence-corrected chi connectivity index (χ0v) is 21.1. The molecule has 2 N–H and O–H groups in total. The fourth-order valence-electron chi connectivity index (χ4n) is 5.10. The quantitative estimate of drug-likeness (QED) is 0.372. The predicted octanol–water partition coefficient (Wildman–Crippen LogP) is 4.67. The number of carbonyl (C=O) groups excluding carboxylic acids is 1. The lowest BCUT2D eigenvalue weighted by Crippen LogP contribution is -2.34. The first-order valence-corrected chi connectivity index (χ1v) is 11.9. The van der Waals surface area contributed by atoms with Crippen LogP contribution >= 0.6 is 0 Å². The Hall–Kier alpha value is -3.45. The van der Waals surface area contributed by atoms with Crippen LogP contribution in [0.4, 0.5) is 5.69 Å². The highest BCUT2D eigenvalue weighted by molar-refractivity contribution is 5.93. The van der Waals surface area contributed by atoms with Gasteiger partial charge < -0.3 is 24.7 Å². The standard InChI is InChI=1S/C28H34N2O5/c1-6-35-25(31)15-22-21-9-7-18(13-19(21)8-10-23(22)29)16-30-12-11-20-14-24(32-3)27(33-4)28(34-5)26(20)17(30)2/h7-10,13-14,17H,6,11-12,15-16,29H2,1-5H3. The van der Waals surface area contributed by atoms with E-state index < -0.39 is 0 Å². The summed E-state index contributed by atoms with van der Waals surface area (Å²) < 4.78 is 22.1. The Morgan fingerprint density at radius 3 is 2.51 bits per heavy atom. The number of rotatable bonds is 8. The van der Waals surface area contributed by atoms with Crippen LogP contribution in [-0.4, -0.2) is 45.4 Å². The van der Waals surface area contributed by atoms with Crippen molar-refractivity contribution in [1.82, 2.24) is 4.90 Å². The second-order valence-corrected chi connectivity index (χ2v) is 8.79. The molecule has 0 saturated heterocycles. The van der Waals surface area contributed by atoms with E-state index in [2.05, 4.69) is 36.1 Å². The van der Waals surface area contributed by atoms with Gasteiger partial charge in [-0.25, -0.2) is 0 Å². The van der Waals surface area contributed by atoms with Gasteiger partial charge in [0.1, 0.15) is 0 Å². The van der Waals surface area contributed by atoms with E-state index in [1.807, 2.05) is 12.1 Å². The molecule has 35 heavy (non-hydrogen) atoms. The largest absolute Gasteiger partial charge is 0.493 e. The number of hydrogen-bond donors (Lipinski definition) is 1. The molecule has 0 saturated carbocycles. The molecule has 0 spiro atoms. The highest BCUT2D eigenvalue weighted by Gasteiger charge is 2.31. The van der Waals surface area contributed by atoms with Crippen molar-refractivity contribution in [3.8, 4) is 17.2 Å². The maximum atomic E-state index is 12.1. The lowest BCUT2D eigenvalue weighted by Gasteiger charge is -2.37. The molecule has 1 aliphatic rings. The Bertz CT molecular complexity index is 1240. The van der Waals surface area contributed by atoms with E-state index in [-0.39, 0.29) is 18.4 Å². The zero-order chi connectivity index (χ0) is 25.1. The second kappa shape index (κ2) is 10.4. The molecule has 1 unspecified atom stereocenters. The molecule has 3 aromatic carbocycles. The molecule has 1 aliphatic heterocycles. The normalized spacial score (nSPS) is 15.5. The maximum Gasteiger partial charge on any atom is 0.310 e. The molecule has 1 heterocycles. The van der Waals surface area contributed by atoms with E-state index in [1.54, 1.807) is 28.3 Å². The van der Waals surface area contributed by atoms with E-state index in [0.29, 0.717) is 23.8 Å². The molecular weight excluding hydrogens is 444 g/mol. The number of ether oxygens (including phenoxy) is 4. The van der Waals surface area contributed by atoms with Crippen LogP contribution < -0.4 is 19.9 Å². The lowest BCUT2D eigenvalue weighted by molar-refractivity contribution is -0.142. The maximum absolute atomic E-state index is 12.1. The highest BCUT2D eigenvalue weighted by Crippen LogP contribution is 2.47. The van der Waals surface area contributed by atoms with Crippen LogP contribution in [-0.2, 0) is 28.9 Å². The zero-order valence-electron chi connectivity index (χ0n) is 21.1. The van der Waals surface area contributed by atoms with Crippen LogP contribution in [0.3, 0.4) is 0 Å². The number of esters is 1. The third kappa shape index (κ3) is 4.73. The number of methoxy groups -OCH3 is 3. The first-order chi connectivity index (χ1) is 16.9. The van der Waals surface area contributed by atoms with E-state index in [0.717, 1.165) is 47.2 Å². The summed E-state index contributed by atoms with van der Waals surface area (Å²) in [5.74, 6) is 1.78. The molecule has 0 aliphatic carbocycles. The van der Waals surface area contributed by atoms with E-state index >= 15 is 0 Å². The minimum absolute atomic E-state index is 0.134. The number of fused-ring (bicyclic) bond motifs is 2. The van der Waals surface area contributed by atoms with E-state index in [9.17, 15) is 4.79 Å². The number of anilines is 1. The van der Waals surface area contributed by atoms with Crippen molar-refractivity contribution in [1.29, 1.82) is 0 Å². The van der Waals surface area contributed by atoms with Crippen molar-refractivity contribution < 1.29 is 23.7 Å². The average Bonchev–Trinajstić information content (AvgIpc) is 2.86. The Kier molecular flexibility index (Phi) is 7.36. The fraction of sp³-hybridized carbons (Fsp3) is 0.393. The summed E-state index contributed by atoms with van der Waals surface area (Å²) in [5.41, 5.74) is 11.2. The summed E-state index contributed by atoms with van der Waals surface area (Å²) in [5, 5.41) is 2.04. The SMILES string of the molecule is CCOC(=O)Cc1c(N)ccc2cc(CN3CCc4cc(OC)c(OC)c(OC)c4C3C)ccc12. The van der Waals surface area contributed by atoms with E-state index in [1.165, 1.54) is 11.1 Å². The van der Waals surface area contributed by atoms with Gasteiger partial charge in [-0.15, -0.1) is 0 Å². The third-order valence-corrected chi connectivity index (χ3v) is 6.83. The highest BCUT2D eigenvalue weighted by atomic mass is 16.5. The number of nitrogens with zero attached hydrogens (tertiary/aromatic N) is 1. The second-order valence-electron chi connectivity index (χ2n) is 8.79. The van der Waals surface area contributed by atoms with Crippen LogP contribution in [0.5, 0.6) is 17.2 Å². The van der Waals surface area contributed by atoms with Crippen molar-refractivity contribution in [3.05, 3.63) is 58.7 Å². The number of nitrogens with two attached hydrogens (primary N) is 1. The summed E-state index contributed by atoms with van der Waals surface area (Å²) in [4.78, 5) is 14.5. The molecule has 0 amide bonds. The van der Waals surface area contributed by atoms with Crippen LogP contribution in [0.25, 0.3) is 10.8 Å². The average molecular weight is 479 g/mol. The molecule has 1 atom stereocenters. The summed E-state index contributed by atoms with van der Waals surface area (Å²) in [6.45, 7) is 6.06. The first-order valence-electron chi connectivity index (χ1n) is 11.9. The predicted molar refractivity (Wildman–Crippen MR) is 137 cm³/mol. The summed E-state index contributed by atoms with van der Waals surface area (Å²) in [7, 11) is 4.95. The van der Waals surface area contributed by atoms with Crippen molar-refractivity contribution in [2.24, 2.45) is 0 Å². The van der Waals surface area contributed by atoms with Gasteiger partial charge in [-0.1, -0.05) is 18.2 Å². The topological polar surface area (TPSA) is 83.3 Å². The Labute approximate surface area is 206 Å². The van der Waals surface area contributed by atoms with Gasteiger partial charge >= 0.3 is 5.97 Å². The minimum Gasteiger partial charge on any atom is -0.493 e. The van der Waals surface area contributed by atoms with Crippen LogP contribution in [0.15, 0.2) is 36.4 Å². The molecule has 0 radical (unpaired) electrons. The molecule has 0 aromatic heterocycles. The van der Waals surface area contributed by atoms with Gasteiger partial charge in [-0.2, -0.15) is 0 Å². The Balaban J connectivity index is 1.63. The number of benzene rings is 3. The van der Waals surface area contributed by atoms with Gasteiger partial charge in [0.05, 0.1) is 34.4 Å². The molecule has 7 heteroatoms. The molecule has 4 rings (SSSR count). The van der Waals surface area contributed by atoms with E-state index in [4.69, 9.17) is 24.7 Å². The summed E-state index contributed by atoms with van der Waals surface area (Å²) >= 11 is 0. The Morgan fingerprint density at radius 1 is 1.06 bits per heavy atom. The minimum atomic E-state index is -0.266. The number of nitrogen functional groups attached to an aromatic ring is 1. The Morgan fingerprint density at radius 2 is 1.83 bits per heavy atom. The molecule has 7 nitrogen and oxygen atoms in total. The monoisotopic (exact) mass is 478 g/mol. The number of hydrogen-bond acceptors (Lipinski definition) is 7. The summed E-state index contributed by atoms with van der Waals surface area (Å²) in [6, 6.07) is 12.4. The van der Waals surface area contributed by atoms with Crippen molar-refractivity contribution in [2.45, 2.75) is 39.3 Å². The van der Waals surface area contributed by atoms with Crippen molar-refractivity contribution >= 4 is 22.4 Å². The number of carbonyl (C=O) groups is 1. The van der Waals surface area contributed by atoms with Crippen LogP contribution in [0.2, 0.25) is 0 Å². The molecule has 186 valence electrons. The van der Waals surface area contributed by atoms with Gasteiger partial charge in [0.25, 0.3) is 0 Å². The molecule has 0 bridgehead atoms. The van der Waals surface area contributed by atoms with Gasteiger partial charge in [-0.3, -0.25) is 9.69 Å². The van der Waals surface area contributed by atoms with Gasteiger partial charge in [-0.05, 0) is 65.9 Å². The third-order valence-electron chi connectivity index (χ3n) is 6.83. The van der Waals surface area contributed by atoms with Gasteiger partial charge in [0.15, 0.2) is 11.5 Å². The van der Waals surface area contributed by atoms with Crippen LogP contribution in [0, 0.1) is 0 Å². The molecular formula is C28H34N2O5. The van der Waals surface area contributed by atoms with Gasteiger partial charge in [0.2, 0.25) is 5.75 Å². The molecule has 3 aromatic rings. The van der Waals surface area contributed by atoms with Crippen molar-refractivity contribution in [2.75, 3.05) is 40.2 Å². The smallest absolute Gasteiger partial charge is 0.310 e. The van der Waals surface area contributed by atoms with Gasteiger partial charge in [0, 0.05) is 30.4 Å². The van der Waals surface area contributed by atoms with Crippen molar-refractivity contribution in [3.63, 3.8) is 0 Å². The fourth-order valence-corrected chi connectivity index (χ4v) is 5.10. The lowest BCUT2D eigenvalue weighted by atomic mass is 9.91. The van der Waals surface area contributed by atoms with Crippen LogP contribution in [0.1, 0.15) is 42.1 Å². The first kappa shape index (κ1) is 24.7. The summed E-state index contributed by atoms with van der Waals surface area (Å²) in [6.07, 6.45) is 1.06. The molecule has 0 fully saturated rings.